The number of carbonyl (C=O) groups excluding carboxylic acids is 1. The summed E-state index contributed by atoms with van der Waals surface area (Å²) >= 11 is 0. The first-order valence-electron chi connectivity index (χ1n) is 5.39. The Kier molecular flexibility index (Phi) is 4.05. The highest BCUT2D eigenvalue weighted by atomic mass is 19.4. The predicted molar refractivity (Wildman–Crippen MR) is 61.1 cm³/mol. The number of nitrogens with one attached hydrogen (secondary N) is 1. The number of halogens is 3. The van der Waals surface area contributed by atoms with Crippen LogP contribution in [0.3, 0.4) is 0 Å². The fraction of sp³-hybridized carbons (Fsp3) is 0.545. The van der Waals surface area contributed by atoms with Crippen LogP contribution in [0.5, 0.6) is 0 Å². The normalized spacial score (nSPS) is 12.6. The van der Waals surface area contributed by atoms with Gasteiger partial charge in [0.15, 0.2) is 0 Å². The molecule has 1 amide bonds. The summed E-state index contributed by atoms with van der Waals surface area (Å²) in [7, 11) is 0. The van der Waals surface area contributed by atoms with Gasteiger partial charge in [-0.15, -0.1) is 0 Å². The molecule has 0 spiro atoms. The average molecular weight is 263 g/mol. The van der Waals surface area contributed by atoms with Crippen LogP contribution >= 0.6 is 0 Å². The second-order valence-electron chi connectivity index (χ2n) is 4.68. The van der Waals surface area contributed by atoms with Gasteiger partial charge in [0.2, 0.25) is 0 Å². The van der Waals surface area contributed by atoms with Crippen LogP contribution in [0, 0.1) is 0 Å². The summed E-state index contributed by atoms with van der Waals surface area (Å²) in [5.74, 6) is -0.570. The van der Waals surface area contributed by atoms with E-state index in [2.05, 4.69) is 5.32 Å². The summed E-state index contributed by atoms with van der Waals surface area (Å²) in [4.78, 5) is 11.8. The maximum atomic E-state index is 12.3. The molecule has 1 aromatic heterocycles. The van der Waals surface area contributed by atoms with Crippen LogP contribution in [0.25, 0.3) is 0 Å². The highest BCUT2D eigenvalue weighted by molar-refractivity contribution is 5.93. The summed E-state index contributed by atoms with van der Waals surface area (Å²) in [5, 5.41) is 2.58. The average Bonchev–Trinajstić information content (AvgIpc) is 2.62. The summed E-state index contributed by atoms with van der Waals surface area (Å²) in [6.07, 6.45) is -3.14. The first kappa shape index (κ1) is 14.6. The van der Waals surface area contributed by atoms with Gasteiger partial charge in [-0.3, -0.25) is 4.79 Å². The lowest BCUT2D eigenvalue weighted by atomic mass is 10.1. The van der Waals surface area contributed by atoms with E-state index in [1.807, 2.05) is 0 Å². The third-order valence-corrected chi connectivity index (χ3v) is 2.37. The number of amides is 1. The quantitative estimate of drug-likeness (QED) is 0.865. The Morgan fingerprint density at radius 1 is 1.44 bits per heavy atom. The van der Waals surface area contributed by atoms with Crippen molar-refractivity contribution in [1.29, 1.82) is 0 Å². The molecule has 0 saturated heterocycles. The SMILES string of the molecule is CC(C)(CN)NC(=O)c1cccn1CC(F)(F)F. The van der Waals surface area contributed by atoms with Crippen LogP contribution in [-0.4, -0.2) is 28.7 Å². The number of hydrogen-bond acceptors (Lipinski definition) is 2. The summed E-state index contributed by atoms with van der Waals surface area (Å²) in [6, 6.07) is 2.74. The number of nitrogens with two attached hydrogens (primary N) is 1. The second-order valence-corrected chi connectivity index (χ2v) is 4.68. The molecular weight excluding hydrogens is 247 g/mol. The van der Waals surface area contributed by atoms with Gasteiger partial charge in [0.25, 0.3) is 5.91 Å². The topological polar surface area (TPSA) is 60.0 Å². The molecule has 0 aliphatic heterocycles. The molecular formula is C11H16F3N3O. The van der Waals surface area contributed by atoms with E-state index in [0.717, 1.165) is 4.57 Å². The van der Waals surface area contributed by atoms with Crippen LogP contribution in [0.1, 0.15) is 24.3 Å². The molecule has 0 aromatic carbocycles. The van der Waals surface area contributed by atoms with Crippen molar-refractivity contribution in [3.63, 3.8) is 0 Å². The van der Waals surface area contributed by atoms with Crippen molar-refractivity contribution in [2.75, 3.05) is 6.54 Å². The molecule has 0 bridgehead atoms. The monoisotopic (exact) mass is 263 g/mol. The third-order valence-electron chi connectivity index (χ3n) is 2.37. The number of carbonyl (C=O) groups is 1. The number of alkyl halides is 3. The Morgan fingerprint density at radius 3 is 2.56 bits per heavy atom. The van der Waals surface area contributed by atoms with Gasteiger partial charge in [0.05, 0.1) is 0 Å². The molecule has 18 heavy (non-hydrogen) atoms. The fourth-order valence-electron chi connectivity index (χ4n) is 1.37. The van der Waals surface area contributed by atoms with Crippen molar-refractivity contribution in [3.8, 4) is 0 Å². The van der Waals surface area contributed by atoms with Gasteiger partial charge in [0.1, 0.15) is 12.2 Å². The molecule has 1 heterocycles. The van der Waals surface area contributed by atoms with E-state index in [1.54, 1.807) is 13.8 Å². The standard InChI is InChI=1S/C11H16F3N3O/c1-10(2,6-15)16-9(18)8-4-3-5-17(8)7-11(12,13)14/h3-5H,6-7,15H2,1-2H3,(H,16,18). The van der Waals surface area contributed by atoms with E-state index >= 15 is 0 Å². The van der Waals surface area contributed by atoms with Crippen molar-refractivity contribution in [3.05, 3.63) is 24.0 Å². The minimum atomic E-state index is -4.36. The van der Waals surface area contributed by atoms with E-state index in [0.29, 0.717) is 0 Å². The van der Waals surface area contributed by atoms with Gasteiger partial charge in [-0.1, -0.05) is 0 Å². The van der Waals surface area contributed by atoms with Gasteiger partial charge in [-0.25, -0.2) is 0 Å². The molecule has 0 unspecified atom stereocenters. The maximum absolute atomic E-state index is 12.3. The number of nitrogens with zero attached hydrogens (tertiary/aromatic N) is 1. The summed E-state index contributed by atoms with van der Waals surface area (Å²) in [6.45, 7) is 2.40. The highest BCUT2D eigenvalue weighted by Crippen LogP contribution is 2.19. The molecule has 0 aliphatic carbocycles. The third kappa shape index (κ3) is 4.06. The Morgan fingerprint density at radius 2 is 2.06 bits per heavy atom. The Labute approximate surface area is 103 Å². The lowest BCUT2D eigenvalue weighted by Gasteiger charge is -2.24. The molecule has 0 radical (unpaired) electrons. The highest BCUT2D eigenvalue weighted by Gasteiger charge is 2.30. The molecule has 0 aliphatic rings. The zero-order valence-corrected chi connectivity index (χ0v) is 10.2. The predicted octanol–water partition coefficient (Wildman–Crippen LogP) is 1.52. The van der Waals surface area contributed by atoms with Crippen molar-refractivity contribution >= 4 is 5.91 Å². The van der Waals surface area contributed by atoms with Crippen molar-refractivity contribution in [2.24, 2.45) is 5.73 Å². The van der Waals surface area contributed by atoms with Gasteiger partial charge in [-0.05, 0) is 26.0 Å². The maximum Gasteiger partial charge on any atom is 0.406 e. The van der Waals surface area contributed by atoms with Crippen molar-refractivity contribution in [1.82, 2.24) is 9.88 Å². The largest absolute Gasteiger partial charge is 0.406 e. The number of rotatable bonds is 4. The molecule has 0 atom stereocenters. The van der Waals surface area contributed by atoms with Gasteiger partial charge in [0, 0.05) is 18.3 Å². The molecule has 3 N–H and O–H groups in total. The van der Waals surface area contributed by atoms with Crippen LogP contribution in [-0.2, 0) is 6.54 Å². The molecule has 4 nitrogen and oxygen atoms in total. The van der Waals surface area contributed by atoms with Crippen LogP contribution < -0.4 is 11.1 Å². The first-order valence-corrected chi connectivity index (χ1v) is 5.39. The minimum Gasteiger partial charge on any atom is -0.345 e. The van der Waals surface area contributed by atoms with Crippen LogP contribution in [0.2, 0.25) is 0 Å². The minimum absolute atomic E-state index is 0.0335. The molecule has 0 saturated carbocycles. The molecule has 1 aromatic rings. The van der Waals surface area contributed by atoms with Gasteiger partial charge >= 0.3 is 6.18 Å². The number of aromatic nitrogens is 1. The van der Waals surface area contributed by atoms with Crippen molar-refractivity contribution in [2.45, 2.75) is 32.1 Å². The number of hydrogen-bond donors (Lipinski definition) is 2. The molecule has 102 valence electrons. The molecule has 0 fully saturated rings. The first-order chi connectivity index (χ1) is 8.14. The van der Waals surface area contributed by atoms with E-state index in [4.69, 9.17) is 5.73 Å². The summed E-state index contributed by atoms with van der Waals surface area (Å²) < 4.78 is 37.7. The molecule has 7 heteroatoms. The molecule has 1 rings (SSSR count). The van der Waals surface area contributed by atoms with E-state index in [9.17, 15) is 18.0 Å². The van der Waals surface area contributed by atoms with Crippen molar-refractivity contribution < 1.29 is 18.0 Å². The zero-order chi connectivity index (χ0) is 14.0. The lowest BCUT2D eigenvalue weighted by Crippen LogP contribution is -2.49. The zero-order valence-electron chi connectivity index (χ0n) is 10.2. The second kappa shape index (κ2) is 5.01. The summed E-state index contributed by atoms with van der Waals surface area (Å²) in [5.41, 5.74) is 4.75. The fourth-order valence-corrected chi connectivity index (χ4v) is 1.37. The van der Waals surface area contributed by atoms with E-state index in [1.165, 1.54) is 18.3 Å². The van der Waals surface area contributed by atoms with E-state index in [-0.39, 0.29) is 12.2 Å². The van der Waals surface area contributed by atoms with Crippen LogP contribution in [0.4, 0.5) is 13.2 Å². The Balaban J connectivity index is 2.85. The van der Waals surface area contributed by atoms with E-state index < -0.39 is 24.2 Å². The Hall–Kier alpha value is -1.50. The Bertz CT molecular complexity index is 423. The van der Waals surface area contributed by atoms with Crippen LogP contribution in [0.15, 0.2) is 18.3 Å². The van der Waals surface area contributed by atoms with Gasteiger partial charge in [-0.2, -0.15) is 13.2 Å². The smallest absolute Gasteiger partial charge is 0.345 e. The lowest BCUT2D eigenvalue weighted by molar-refractivity contribution is -0.140. The van der Waals surface area contributed by atoms with Gasteiger partial charge < -0.3 is 15.6 Å².